The van der Waals surface area contributed by atoms with Crippen LogP contribution < -0.4 is 10.2 Å². The number of methoxy groups -OCH3 is 2. The van der Waals surface area contributed by atoms with E-state index in [0.29, 0.717) is 6.61 Å². The lowest BCUT2D eigenvalue weighted by molar-refractivity contribution is 0.191. The van der Waals surface area contributed by atoms with Gasteiger partial charge in [0.15, 0.2) is 0 Å². The monoisotopic (exact) mass is 281 g/mol. The molecule has 0 unspecified atom stereocenters. The molecule has 0 bridgehead atoms. The van der Waals surface area contributed by atoms with Crippen molar-refractivity contribution in [1.29, 1.82) is 0 Å². The van der Waals surface area contributed by atoms with Crippen LogP contribution in [0.1, 0.15) is 19.0 Å². The molecular weight excluding hydrogens is 254 g/mol. The number of pyridine rings is 1. The standard InChI is InChI=1S/C15H27N3O2/c1-4-16-13-14-7-5-8-15(17-14)18(10-12-20-3)9-6-11-19-2/h5,7-8,16H,4,6,9-13H2,1-3H3. The van der Waals surface area contributed by atoms with E-state index in [0.717, 1.165) is 50.7 Å². The molecule has 0 atom stereocenters. The average molecular weight is 281 g/mol. The van der Waals surface area contributed by atoms with Crippen LogP contribution in [0.4, 0.5) is 5.82 Å². The molecule has 0 saturated heterocycles. The lowest BCUT2D eigenvalue weighted by Gasteiger charge is -2.23. The van der Waals surface area contributed by atoms with Gasteiger partial charge in [0.05, 0.1) is 12.3 Å². The second kappa shape index (κ2) is 10.6. The van der Waals surface area contributed by atoms with Crippen LogP contribution in [0.15, 0.2) is 18.2 Å². The van der Waals surface area contributed by atoms with E-state index in [2.05, 4.69) is 35.3 Å². The third kappa shape index (κ3) is 6.32. The lowest BCUT2D eigenvalue weighted by Crippen LogP contribution is -2.30. The number of hydrogen-bond donors (Lipinski definition) is 1. The topological polar surface area (TPSA) is 46.6 Å². The molecule has 0 aromatic carbocycles. The molecule has 5 heteroatoms. The second-order valence-electron chi connectivity index (χ2n) is 4.59. The second-order valence-corrected chi connectivity index (χ2v) is 4.59. The SMILES string of the molecule is CCNCc1cccc(N(CCCOC)CCOC)n1. The first-order valence-electron chi connectivity index (χ1n) is 7.21. The first kappa shape index (κ1) is 16.9. The van der Waals surface area contributed by atoms with Gasteiger partial charge < -0.3 is 19.7 Å². The fourth-order valence-electron chi connectivity index (χ4n) is 1.94. The maximum absolute atomic E-state index is 5.18. The molecule has 0 amide bonds. The molecule has 1 heterocycles. The van der Waals surface area contributed by atoms with Gasteiger partial charge in [0, 0.05) is 40.5 Å². The van der Waals surface area contributed by atoms with Gasteiger partial charge in [-0.2, -0.15) is 0 Å². The molecule has 0 aliphatic carbocycles. The van der Waals surface area contributed by atoms with Crippen molar-refractivity contribution in [2.75, 3.05) is 52.0 Å². The van der Waals surface area contributed by atoms with Crippen LogP contribution in [-0.2, 0) is 16.0 Å². The fraction of sp³-hybridized carbons (Fsp3) is 0.667. The molecule has 0 radical (unpaired) electrons. The molecule has 1 N–H and O–H groups in total. The van der Waals surface area contributed by atoms with Crippen molar-refractivity contribution in [3.63, 3.8) is 0 Å². The van der Waals surface area contributed by atoms with Crippen molar-refractivity contribution in [2.24, 2.45) is 0 Å². The molecule has 5 nitrogen and oxygen atoms in total. The molecule has 0 aliphatic heterocycles. The van der Waals surface area contributed by atoms with Crippen LogP contribution in [0, 0.1) is 0 Å². The first-order chi connectivity index (χ1) is 9.81. The predicted molar refractivity (Wildman–Crippen MR) is 82.2 cm³/mol. The molecular formula is C15H27N3O2. The van der Waals surface area contributed by atoms with Crippen LogP contribution in [0.5, 0.6) is 0 Å². The zero-order valence-electron chi connectivity index (χ0n) is 12.9. The third-order valence-corrected chi connectivity index (χ3v) is 3.01. The number of anilines is 1. The summed E-state index contributed by atoms with van der Waals surface area (Å²) in [6.07, 6.45) is 0.985. The van der Waals surface area contributed by atoms with E-state index in [4.69, 9.17) is 14.5 Å². The van der Waals surface area contributed by atoms with Gasteiger partial charge in [-0.15, -0.1) is 0 Å². The normalized spacial score (nSPS) is 10.8. The highest BCUT2D eigenvalue weighted by Crippen LogP contribution is 2.12. The Balaban J connectivity index is 2.66. The summed E-state index contributed by atoms with van der Waals surface area (Å²) in [6.45, 7) is 7.09. The number of hydrogen-bond acceptors (Lipinski definition) is 5. The highest BCUT2D eigenvalue weighted by atomic mass is 16.5. The summed E-state index contributed by atoms with van der Waals surface area (Å²) >= 11 is 0. The Morgan fingerprint density at radius 1 is 1.15 bits per heavy atom. The summed E-state index contributed by atoms with van der Waals surface area (Å²) in [5.74, 6) is 1.01. The Morgan fingerprint density at radius 2 is 1.95 bits per heavy atom. The van der Waals surface area contributed by atoms with E-state index >= 15 is 0 Å². The summed E-state index contributed by atoms with van der Waals surface area (Å²) in [7, 11) is 3.46. The van der Waals surface area contributed by atoms with E-state index in [1.165, 1.54) is 0 Å². The van der Waals surface area contributed by atoms with E-state index in [1.54, 1.807) is 14.2 Å². The molecule has 1 rings (SSSR count). The van der Waals surface area contributed by atoms with Crippen molar-refractivity contribution in [2.45, 2.75) is 19.9 Å². The number of rotatable bonds is 11. The van der Waals surface area contributed by atoms with E-state index < -0.39 is 0 Å². The fourth-order valence-corrected chi connectivity index (χ4v) is 1.94. The quantitative estimate of drug-likeness (QED) is 0.625. The van der Waals surface area contributed by atoms with Crippen molar-refractivity contribution >= 4 is 5.82 Å². The van der Waals surface area contributed by atoms with Gasteiger partial charge in [-0.3, -0.25) is 0 Å². The summed E-state index contributed by atoms with van der Waals surface area (Å²) in [4.78, 5) is 6.96. The first-order valence-corrected chi connectivity index (χ1v) is 7.21. The predicted octanol–water partition coefficient (Wildman–Crippen LogP) is 1.68. The van der Waals surface area contributed by atoms with Gasteiger partial charge >= 0.3 is 0 Å². The van der Waals surface area contributed by atoms with E-state index in [1.807, 2.05) is 0 Å². The molecule has 1 aromatic heterocycles. The molecule has 0 saturated carbocycles. The van der Waals surface area contributed by atoms with Crippen molar-refractivity contribution in [1.82, 2.24) is 10.3 Å². The zero-order chi connectivity index (χ0) is 14.6. The Bertz CT molecular complexity index is 361. The van der Waals surface area contributed by atoms with Crippen LogP contribution >= 0.6 is 0 Å². The van der Waals surface area contributed by atoms with Gasteiger partial charge in [0.25, 0.3) is 0 Å². The van der Waals surface area contributed by atoms with Crippen molar-refractivity contribution in [3.8, 4) is 0 Å². The van der Waals surface area contributed by atoms with Gasteiger partial charge in [-0.05, 0) is 25.1 Å². The zero-order valence-corrected chi connectivity index (χ0v) is 12.9. The molecule has 114 valence electrons. The molecule has 0 aliphatic rings. The highest BCUT2D eigenvalue weighted by Gasteiger charge is 2.08. The third-order valence-electron chi connectivity index (χ3n) is 3.01. The summed E-state index contributed by atoms with van der Waals surface area (Å²) in [6, 6.07) is 6.17. The highest BCUT2D eigenvalue weighted by molar-refractivity contribution is 5.39. The van der Waals surface area contributed by atoms with Crippen molar-refractivity contribution < 1.29 is 9.47 Å². The summed E-state index contributed by atoms with van der Waals surface area (Å²) in [5, 5.41) is 3.30. The minimum Gasteiger partial charge on any atom is -0.385 e. The maximum Gasteiger partial charge on any atom is 0.128 e. The smallest absolute Gasteiger partial charge is 0.128 e. The lowest BCUT2D eigenvalue weighted by atomic mass is 10.3. The largest absolute Gasteiger partial charge is 0.385 e. The van der Waals surface area contributed by atoms with Crippen LogP contribution in [-0.4, -0.2) is 52.1 Å². The Hall–Kier alpha value is -1.17. The summed E-state index contributed by atoms with van der Waals surface area (Å²) in [5.41, 5.74) is 1.07. The Labute approximate surface area is 122 Å². The minimum absolute atomic E-state index is 0.700. The van der Waals surface area contributed by atoms with Crippen LogP contribution in [0.2, 0.25) is 0 Å². The minimum atomic E-state index is 0.700. The van der Waals surface area contributed by atoms with Crippen molar-refractivity contribution in [3.05, 3.63) is 23.9 Å². The van der Waals surface area contributed by atoms with Crippen LogP contribution in [0.3, 0.4) is 0 Å². The molecule has 1 aromatic rings. The Kier molecular flexibility index (Phi) is 8.95. The number of nitrogens with zero attached hydrogens (tertiary/aromatic N) is 2. The number of ether oxygens (including phenoxy) is 2. The number of nitrogens with one attached hydrogen (secondary N) is 1. The van der Waals surface area contributed by atoms with Gasteiger partial charge in [0.1, 0.15) is 5.82 Å². The maximum atomic E-state index is 5.18. The number of aromatic nitrogens is 1. The molecule has 0 spiro atoms. The van der Waals surface area contributed by atoms with Gasteiger partial charge in [0.2, 0.25) is 0 Å². The Morgan fingerprint density at radius 3 is 2.65 bits per heavy atom. The average Bonchev–Trinajstić information content (AvgIpc) is 2.49. The molecule has 20 heavy (non-hydrogen) atoms. The summed E-state index contributed by atoms with van der Waals surface area (Å²) < 4.78 is 10.3. The van der Waals surface area contributed by atoms with Gasteiger partial charge in [-0.1, -0.05) is 13.0 Å². The van der Waals surface area contributed by atoms with E-state index in [9.17, 15) is 0 Å². The van der Waals surface area contributed by atoms with E-state index in [-0.39, 0.29) is 0 Å². The molecule has 0 fully saturated rings. The van der Waals surface area contributed by atoms with Crippen LogP contribution in [0.25, 0.3) is 0 Å². The van der Waals surface area contributed by atoms with Gasteiger partial charge in [-0.25, -0.2) is 4.98 Å².